The van der Waals surface area contributed by atoms with Crippen LogP contribution in [0.25, 0.3) is 5.69 Å². The van der Waals surface area contributed by atoms with Crippen molar-refractivity contribution in [1.29, 1.82) is 0 Å². The summed E-state index contributed by atoms with van der Waals surface area (Å²) in [7, 11) is 0. The zero-order valence-corrected chi connectivity index (χ0v) is 10.6. The maximum Gasteiger partial charge on any atom is 0.291 e. The summed E-state index contributed by atoms with van der Waals surface area (Å²) in [5.41, 5.74) is 2.43. The van der Waals surface area contributed by atoms with Crippen LogP contribution in [0.4, 0.5) is 5.69 Å². The van der Waals surface area contributed by atoms with Crippen LogP contribution >= 0.6 is 0 Å². The summed E-state index contributed by atoms with van der Waals surface area (Å²) >= 11 is 0. The second-order valence-corrected chi connectivity index (χ2v) is 4.19. The molecule has 20 heavy (non-hydrogen) atoms. The van der Waals surface area contributed by atoms with Gasteiger partial charge >= 0.3 is 0 Å². The standard InChI is InChI=1S/C13H11N5O2/c1-9-4-5-10(7-11(9)18-8-14-16-17-18)15-13(19)12-3-2-6-20-12/h2-8H,1H3,(H,15,19). The average molecular weight is 269 g/mol. The van der Waals surface area contributed by atoms with Crippen molar-refractivity contribution in [2.45, 2.75) is 6.92 Å². The van der Waals surface area contributed by atoms with E-state index in [0.717, 1.165) is 11.3 Å². The summed E-state index contributed by atoms with van der Waals surface area (Å²) in [4.78, 5) is 11.9. The third kappa shape index (κ3) is 2.28. The Bertz CT molecular complexity index is 719. The molecule has 0 aliphatic rings. The monoisotopic (exact) mass is 269 g/mol. The zero-order valence-electron chi connectivity index (χ0n) is 10.6. The van der Waals surface area contributed by atoms with Gasteiger partial charge in [0.25, 0.3) is 5.91 Å². The number of benzene rings is 1. The van der Waals surface area contributed by atoms with Crippen molar-refractivity contribution in [3.63, 3.8) is 0 Å². The molecule has 0 radical (unpaired) electrons. The van der Waals surface area contributed by atoms with E-state index in [9.17, 15) is 4.79 Å². The van der Waals surface area contributed by atoms with Crippen molar-refractivity contribution in [3.8, 4) is 5.69 Å². The second-order valence-electron chi connectivity index (χ2n) is 4.19. The fourth-order valence-electron chi connectivity index (χ4n) is 1.81. The Labute approximate surface area is 114 Å². The molecule has 0 saturated carbocycles. The Kier molecular flexibility index (Phi) is 3.00. The molecule has 1 aromatic carbocycles. The van der Waals surface area contributed by atoms with Gasteiger partial charge in [-0.25, -0.2) is 4.68 Å². The number of hydrogen-bond acceptors (Lipinski definition) is 5. The van der Waals surface area contributed by atoms with Crippen LogP contribution < -0.4 is 5.32 Å². The van der Waals surface area contributed by atoms with Crippen molar-refractivity contribution in [3.05, 3.63) is 54.2 Å². The van der Waals surface area contributed by atoms with Gasteiger partial charge < -0.3 is 9.73 Å². The van der Waals surface area contributed by atoms with Crippen LogP contribution in [0.2, 0.25) is 0 Å². The number of carbonyl (C=O) groups is 1. The van der Waals surface area contributed by atoms with Gasteiger partial charge in [-0.1, -0.05) is 6.07 Å². The Balaban J connectivity index is 1.88. The van der Waals surface area contributed by atoms with Gasteiger partial charge in [-0.3, -0.25) is 4.79 Å². The van der Waals surface area contributed by atoms with Gasteiger partial charge in [-0.15, -0.1) is 5.10 Å². The molecule has 7 nitrogen and oxygen atoms in total. The van der Waals surface area contributed by atoms with Crippen LogP contribution in [0.1, 0.15) is 16.1 Å². The van der Waals surface area contributed by atoms with Gasteiger partial charge in [0.2, 0.25) is 0 Å². The normalized spacial score (nSPS) is 10.4. The fraction of sp³-hybridized carbons (Fsp3) is 0.0769. The third-order valence-corrected chi connectivity index (χ3v) is 2.81. The Morgan fingerprint density at radius 3 is 2.95 bits per heavy atom. The highest BCUT2D eigenvalue weighted by Gasteiger charge is 2.10. The first-order valence-electron chi connectivity index (χ1n) is 5.93. The predicted molar refractivity (Wildman–Crippen MR) is 70.6 cm³/mol. The molecule has 1 amide bonds. The van der Waals surface area contributed by atoms with E-state index < -0.39 is 0 Å². The molecule has 0 unspecified atom stereocenters. The molecule has 0 atom stereocenters. The summed E-state index contributed by atoms with van der Waals surface area (Å²) in [6, 6.07) is 8.76. The molecular formula is C13H11N5O2. The maximum atomic E-state index is 11.9. The van der Waals surface area contributed by atoms with E-state index in [0.29, 0.717) is 5.69 Å². The number of amides is 1. The first-order valence-corrected chi connectivity index (χ1v) is 5.93. The molecule has 0 aliphatic heterocycles. The smallest absolute Gasteiger partial charge is 0.291 e. The van der Waals surface area contributed by atoms with Gasteiger partial charge in [0.05, 0.1) is 12.0 Å². The largest absolute Gasteiger partial charge is 0.459 e. The lowest BCUT2D eigenvalue weighted by Crippen LogP contribution is -2.11. The average Bonchev–Trinajstić information content (AvgIpc) is 3.14. The van der Waals surface area contributed by atoms with Crippen molar-refractivity contribution in [2.24, 2.45) is 0 Å². The van der Waals surface area contributed by atoms with Crippen molar-refractivity contribution in [1.82, 2.24) is 20.2 Å². The van der Waals surface area contributed by atoms with Gasteiger partial charge in [-0.05, 0) is 47.2 Å². The first-order chi connectivity index (χ1) is 9.74. The summed E-state index contributed by atoms with van der Waals surface area (Å²) in [6.45, 7) is 1.94. The van der Waals surface area contributed by atoms with Crippen LogP contribution in [0, 0.1) is 6.92 Å². The molecule has 0 saturated heterocycles. The van der Waals surface area contributed by atoms with E-state index in [2.05, 4.69) is 20.8 Å². The molecule has 100 valence electrons. The van der Waals surface area contributed by atoms with Crippen LogP contribution in [-0.4, -0.2) is 26.1 Å². The Morgan fingerprint density at radius 1 is 1.35 bits per heavy atom. The fourth-order valence-corrected chi connectivity index (χ4v) is 1.81. The van der Waals surface area contributed by atoms with Gasteiger partial charge in [0, 0.05) is 5.69 Å². The molecule has 2 heterocycles. The highest BCUT2D eigenvalue weighted by molar-refractivity contribution is 6.02. The number of nitrogens with one attached hydrogen (secondary N) is 1. The highest BCUT2D eigenvalue weighted by atomic mass is 16.3. The Morgan fingerprint density at radius 2 is 2.25 bits per heavy atom. The number of anilines is 1. The summed E-state index contributed by atoms with van der Waals surface area (Å²) < 4.78 is 6.58. The van der Waals surface area contributed by atoms with Crippen molar-refractivity contribution in [2.75, 3.05) is 5.32 Å². The molecule has 3 aromatic rings. The Hall–Kier alpha value is -2.96. The minimum Gasteiger partial charge on any atom is -0.459 e. The second kappa shape index (κ2) is 4.96. The first kappa shape index (κ1) is 12.1. The van der Waals surface area contributed by atoms with E-state index in [-0.39, 0.29) is 11.7 Å². The van der Waals surface area contributed by atoms with Crippen molar-refractivity contribution >= 4 is 11.6 Å². The highest BCUT2D eigenvalue weighted by Crippen LogP contribution is 2.19. The topological polar surface area (TPSA) is 85.8 Å². The molecule has 0 fully saturated rings. The zero-order chi connectivity index (χ0) is 13.9. The number of hydrogen-bond donors (Lipinski definition) is 1. The molecule has 0 bridgehead atoms. The van der Waals surface area contributed by atoms with Crippen LogP contribution in [0.15, 0.2) is 47.3 Å². The summed E-state index contributed by atoms with van der Waals surface area (Å²) in [6.07, 6.45) is 2.96. The van der Waals surface area contributed by atoms with Crippen LogP contribution in [0.5, 0.6) is 0 Å². The number of aromatic nitrogens is 4. The van der Waals surface area contributed by atoms with Gasteiger partial charge in [0.15, 0.2) is 5.76 Å². The molecule has 2 aromatic heterocycles. The van der Waals surface area contributed by atoms with Crippen LogP contribution in [0.3, 0.4) is 0 Å². The molecule has 3 rings (SSSR count). The number of aryl methyl sites for hydroxylation is 1. The lowest BCUT2D eigenvalue weighted by atomic mass is 10.2. The van der Waals surface area contributed by atoms with Crippen LogP contribution in [-0.2, 0) is 0 Å². The van der Waals surface area contributed by atoms with E-state index in [1.54, 1.807) is 18.2 Å². The van der Waals surface area contributed by atoms with E-state index in [1.807, 2.05) is 19.1 Å². The molecule has 0 spiro atoms. The molecule has 1 N–H and O–H groups in total. The predicted octanol–water partition coefficient (Wildman–Crippen LogP) is 1.82. The maximum absolute atomic E-state index is 11.9. The number of carbonyl (C=O) groups excluding carboxylic acids is 1. The van der Waals surface area contributed by atoms with Gasteiger partial charge in [0.1, 0.15) is 6.33 Å². The third-order valence-electron chi connectivity index (χ3n) is 2.81. The van der Waals surface area contributed by atoms with E-state index in [1.165, 1.54) is 17.3 Å². The minimum atomic E-state index is -0.304. The number of furan rings is 1. The van der Waals surface area contributed by atoms with Gasteiger partial charge in [-0.2, -0.15) is 0 Å². The SMILES string of the molecule is Cc1ccc(NC(=O)c2ccco2)cc1-n1cnnn1. The van der Waals surface area contributed by atoms with E-state index in [4.69, 9.17) is 4.42 Å². The summed E-state index contributed by atoms with van der Waals surface area (Å²) in [5.74, 6) is -0.0453. The lowest BCUT2D eigenvalue weighted by molar-refractivity contribution is 0.0996. The summed E-state index contributed by atoms with van der Waals surface area (Å²) in [5, 5.41) is 13.8. The lowest BCUT2D eigenvalue weighted by Gasteiger charge is -2.08. The molecule has 7 heteroatoms. The van der Waals surface area contributed by atoms with Crippen molar-refractivity contribution < 1.29 is 9.21 Å². The molecule has 0 aliphatic carbocycles. The minimum absolute atomic E-state index is 0.259. The number of tetrazole rings is 1. The number of nitrogens with zero attached hydrogens (tertiary/aromatic N) is 4. The number of rotatable bonds is 3. The molecular weight excluding hydrogens is 258 g/mol. The van der Waals surface area contributed by atoms with E-state index >= 15 is 0 Å². The quantitative estimate of drug-likeness (QED) is 0.783.